The molecule has 1 saturated heterocycles. The molecule has 0 aromatic carbocycles. The summed E-state index contributed by atoms with van der Waals surface area (Å²) in [6, 6.07) is -1.92. The summed E-state index contributed by atoms with van der Waals surface area (Å²) < 4.78 is 7.46. The third-order valence-electron chi connectivity index (χ3n) is 6.69. The van der Waals surface area contributed by atoms with E-state index in [9.17, 15) is 30.0 Å². The van der Waals surface area contributed by atoms with Crippen molar-refractivity contribution < 1.29 is 34.8 Å². The van der Waals surface area contributed by atoms with Crippen molar-refractivity contribution in [3.63, 3.8) is 0 Å². The minimum atomic E-state index is -1.93. The summed E-state index contributed by atoms with van der Waals surface area (Å²) in [5.74, 6) is -2.45. The molecule has 34 heavy (non-hydrogen) atoms. The van der Waals surface area contributed by atoms with Gasteiger partial charge in [0.1, 0.15) is 17.8 Å². The van der Waals surface area contributed by atoms with Crippen LogP contribution in [0.25, 0.3) is 11.2 Å². The Kier molecular flexibility index (Phi) is 6.69. The summed E-state index contributed by atoms with van der Waals surface area (Å²) >= 11 is 0. The number of carboxylic acids is 1. The van der Waals surface area contributed by atoms with Gasteiger partial charge in [-0.2, -0.15) is 4.98 Å². The summed E-state index contributed by atoms with van der Waals surface area (Å²) in [5, 5.41) is 43.5. The van der Waals surface area contributed by atoms with Crippen LogP contribution in [0.4, 0.5) is 5.95 Å². The van der Waals surface area contributed by atoms with Crippen LogP contribution in [0.15, 0.2) is 12.5 Å². The predicted octanol–water partition coefficient (Wildman–Crippen LogP) is -2.13. The number of nitrogens with zero attached hydrogens (tertiary/aromatic N) is 4. The summed E-state index contributed by atoms with van der Waals surface area (Å²) in [5.41, 5.74) is 10.4. The van der Waals surface area contributed by atoms with Crippen molar-refractivity contribution in [1.82, 2.24) is 24.8 Å². The average molecular weight is 479 g/mol. The first-order valence-electron chi connectivity index (χ1n) is 11.0. The second-order valence-electron chi connectivity index (χ2n) is 8.95. The number of carbonyl (C=O) groups is 2. The highest BCUT2D eigenvalue weighted by molar-refractivity contribution is 5.86. The molecule has 7 atom stereocenters. The van der Waals surface area contributed by atoms with Crippen molar-refractivity contribution in [3.05, 3.63) is 12.5 Å². The van der Waals surface area contributed by atoms with E-state index in [-0.39, 0.29) is 30.5 Å². The lowest BCUT2D eigenvalue weighted by atomic mass is 9.82. The largest absolute Gasteiger partial charge is 0.480 e. The highest BCUT2D eigenvalue weighted by atomic mass is 16.5. The summed E-state index contributed by atoms with van der Waals surface area (Å²) in [6.07, 6.45) is 0.263. The van der Waals surface area contributed by atoms with Gasteiger partial charge in [0, 0.05) is 18.9 Å². The Morgan fingerprint density at radius 1 is 1.32 bits per heavy atom. The number of nitrogen functional groups attached to an aromatic ring is 1. The predicted molar refractivity (Wildman–Crippen MR) is 116 cm³/mol. The van der Waals surface area contributed by atoms with Gasteiger partial charge in [-0.15, -0.1) is 0 Å². The highest BCUT2D eigenvalue weighted by Gasteiger charge is 2.50. The van der Waals surface area contributed by atoms with Crippen molar-refractivity contribution >= 4 is 29.0 Å². The standard InChI is InChI=1S/C20H29N7O7/c21-10-3-1-2-9(10)17(30)25-15(18(31)32)12-4-20(33,13(29)7-28)5-14(34-12)27-8-24-11-6-23-19(22)26-16(11)27/h6,8-10,12-15,28-29,33H,1-5,7,21H2,(H,25,30)(H,31,32)(H2,22,23,26)/t9-,10+,12+,13?,14?,15?,20+/m1/s1. The first-order valence-corrected chi connectivity index (χ1v) is 11.0. The minimum absolute atomic E-state index is 0.0316. The summed E-state index contributed by atoms with van der Waals surface area (Å²) in [4.78, 5) is 37.1. The number of hydrogen-bond acceptors (Lipinski definition) is 11. The van der Waals surface area contributed by atoms with Crippen LogP contribution in [0.1, 0.15) is 38.3 Å². The number of aliphatic hydroxyl groups excluding tert-OH is 2. The van der Waals surface area contributed by atoms with Crippen LogP contribution >= 0.6 is 0 Å². The number of aromatic nitrogens is 4. The number of rotatable bonds is 7. The molecule has 9 N–H and O–H groups in total. The molecule has 4 rings (SSSR count). The smallest absolute Gasteiger partial charge is 0.328 e. The van der Waals surface area contributed by atoms with Gasteiger partial charge in [-0.25, -0.2) is 14.8 Å². The number of aliphatic hydroxyl groups is 3. The van der Waals surface area contributed by atoms with Gasteiger partial charge in [0.15, 0.2) is 11.7 Å². The number of hydrogen-bond donors (Lipinski definition) is 7. The lowest BCUT2D eigenvalue weighted by molar-refractivity contribution is -0.215. The Morgan fingerprint density at radius 3 is 2.74 bits per heavy atom. The quantitative estimate of drug-likeness (QED) is 0.226. The summed E-state index contributed by atoms with van der Waals surface area (Å²) in [7, 11) is 0. The van der Waals surface area contributed by atoms with Crippen LogP contribution < -0.4 is 16.8 Å². The zero-order valence-electron chi connectivity index (χ0n) is 18.3. The monoisotopic (exact) mass is 479 g/mol. The van der Waals surface area contributed by atoms with Gasteiger partial charge >= 0.3 is 5.97 Å². The van der Waals surface area contributed by atoms with E-state index < -0.39 is 54.5 Å². The van der Waals surface area contributed by atoms with Crippen LogP contribution in [-0.2, 0) is 14.3 Å². The molecule has 1 aliphatic carbocycles. The number of aliphatic carboxylic acids is 1. The van der Waals surface area contributed by atoms with Gasteiger partial charge in [-0.05, 0) is 12.8 Å². The van der Waals surface area contributed by atoms with Crippen molar-refractivity contribution in [2.45, 2.75) is 68.2 Å². The molecule has 1 amide bonds. The number of imidazole rings is 1. The summed E-state index contributed by atoms with van der Waals surface area (Å²) in [6.45, 7) is -0.767. The number of nitrogens with one attached hydrogen (secondary N) is 1. The number of carboxylic acid groups (broad SMARTS) is 1. The maximum Gasteiger partial charge on any atom is 0.328 e. The molecule has 3 heterocycles. The van der Waals surface area contributed by atoms with E-state index in [0.717, 1.165) is 6.42 Å². The van der Waals surface area contributed by atoms with E-state index in [4.69, 9.17) is 16.2 Å². The van der Waals surface area contributed by atoms with Crippen LogP contribution in [0.2, 0.25) is 0 Å². The van der Waals surface area contributed by atoms with Gasteiger partial charge in [0.05, 0.1) is 36.8 Å². The molecule has 2 aromatic rings. The second-order valence-corrected chi connectivity index (χ2v) is 8.95. The molecule has 3 unspecified atom stereocenters. The van der Waals surface area contributed by atoms with E-state index >= 15 is 0 Å². The third-order valence-corrected chi connectivity index (χ3v) is 6.69. The zero-order chi connectivity index (χ0) is 24.6. The topological polar surface area (TPSA) is 232 Å². The van der Waals surface area contributed by atoms with E-state index in [1.54, 1.807) is 0 Å². The van der Waals surface area contributed by atoms with Crippen molar-refractivity contribution in [1.29, 1.82) is 0 Å². The van der Waals surface area contributed by atoms with Gasteiger partial charge < -0.3 is 41.9 Å². The van der Waals surface area contributed by atoms with Gasteiger partial charge in [-0.1, -0.05) is 6.42 Å². The Labute approximate surface area is 193 Å². The molecule has 1 saturated carbocycles. The molecule has 14 nitrogen and oxygen atoms in total. The van der Waals surface area contributed by atoms with Crippen LogP contribution in [0, 0.1) is 5.92 Å². The molecule has 186 valence electrons. The fourth-order valence-electron chi connectivity index (χ4n) is 4.77. The minimum Gasteiger partial charge on any atom is -0.480 e. The number of nitrogens with two attached hydrogens (primary N) is 2. The normalized spacial score (nSPS) is 31.3. The lowest BCUT2D eigenvalue weighted by Gasteiger charge is -2.45. The maximum absolute atomic E-state index is 12.8. The lowest BCUT2D eigenvalue weighted by Crippen LogP contribution is -2.60. The zero-order valence-corrected chi connectivity index (χ0v) is 18.3. The second kappa shape index (κ2) is 9.38. The Balaban J connectivity index is 1.66. The SMILES string of the molecule is Nc1ncc2ncn(C3C[C@](O)(C(O)CO)C[C@@H](C(NC(=O)[C@@H]4CCC[C@@H]4N)C(=O)O)O3)c2n1. The number of fused-ring (bicyclic) bond motifs is 1. The maximum atomic E-state index is 12.8. The van der Waals surface area contributed by atoms with Gasteiger partial charge in [0.2, 0.25) is 11.9 Å². The Bertz CT molecular complexity index is 1070. The molecule has 1 aliphatic heterocycles. The van der Waals surface area contributed by atoms with Crippen LogP contribution in [-0.4, -0.2) is 88.3 Å². The van der Waals surface area contributed by atoms with E-state index in [1.165, 1.54) is 17.1 Å². The molecule has 0 spiro atoms. The molecule has 2 aromatic heterocycles. The number of anilines is 1. The van der Waals surface area contributed by atoms with Gasteiger partial charge in [-0.3, -0.25) is 9.36 Å². The molecule has 0 bridgehead atoms. The number of amides is 1. The molecular weight excluding hydrogens is 450 g/mol. The molecule has 14 heteroatoms. The van der Waals surface area contributed by atoms with E-state index in [2.05, 4.69) is 20.3 Å². The molecule has 2 aliphatic rings. The van der Waals surface area contributed by atoms with E-state index in [0.29, 0.717) is 18.4 Å². The molecular formula is C20H29N7O7. The van der Waals surface area contributed by atoms with Crippen molar-refractivity contribution in [2.75, 3.05) is 12.3 Å². The fourth-order valence-corrected chi connectivity index (χ4v) is 4.77. The highest BCUT2D eigenvalue weighted by Crippen LogP contribution is 2.39. The Morgan fingerprint density at radius 2 is 2.09 bits per heavy atom. The Hall–Kier alpha value is -2.91. The van der Waals surface area contributed by atoms with Crippen molar-refractivity contribution in [3.8, 4) is 0 Å². The molecule has 0 radical (unpaired) electrons. The van der Waals surface area contributed by atoms with Gasteiger partial charge in [0.25, 0.3) is 0 Å². The molecule has 2 fully saturated rings. The van der Waals surface area contributed by atoms with Crippen molar-refractivity contribution in [2.24, 2.45) is 11.7 Å². The van der Waals surface area contributed by atoms with Crippen LogP contribution in [0.5, 0.6) is 0 Å². The number of carbonyl (C=O) groups excluding carboxylic acids is 1. The first-order chi connectivity index (χ1) is 16.1. The average Bonchev–Trinajstić information content (AvgIpc) is 3.41. The third kappa shape index (κ3) is 4.54. The van der Waals surface area contributed by atoms with Crippen LogP contribution in [0.3, 0.4) is 0 Å². The fraction of sp³-hybridized carbons (Fsp3) is 0.650. The number of ether oxygens (including phenoxy) is 1. The first kappa shape index (κ1) is 24.2. The van der Waals surface area contributed by atoms with E-state index in [1.807, 2.05) is 0 Å².